The standard InChI is InChI=1S/C20H24FN3O/c21-18-5-1-3-16(13-18)6-7-17-4-2-12-24(15-17)20(25)9-8-19-14-22-10-11-23-19/h1,3,5,10-11,13-14,17H,2,4,6-9,12,15H2. The van der Waals surface area contributed by atoms with E-state index in [4.69, 9.17) is 0 Å². The Morgan fingerprint density at radius 1 is 1.28 bits per heavy atom. The van der Waals surface area contributed by atoms with Crippen molar-refractivity contribution in [2.75, 3.05) is 13.1 Å². The lowest BCUT2D eigenvalue weighted by atomic mass is 9.91. The quantitative estimate of drug-likeness (QED) is 0.809. The van der Waals surface area contributed by atoms with E-state index in [1.165, 1.54) is 6.07 Å². The first-order valence-electron chi connectivity index (χ1n) is 8.98. The second-order valence-electron chi connectivity index (χ2n) is 6.71. The SMILES string of the molecule is O=C(CCc1cnccn1)N1CCCC(CCc2cccc(F)c2)C1. The van der Waals surface area contributed by atoms with Crippen LogP contribution in [0.5, 0.6) is 0 Å². The van der Waals surface area contributed by atoms with Gasteiger partial charge < -0.3 is 4.90 Å². The van der Waals surface area contributed by atoms with Crippen molar-refractivity contribution in [3.63, 3.8) is 0 Å². The van der Waals surface area contributed by atoms with Gasteiger partial charge in [-0.25, -0.2) is 4.39 Å². The lowest BCUT2D eigenvalue weighted by Gasteiger charge is -2.33. The molecule has 4 nitrogen and oxygen atoms in total. The summed E-state index contributed by atoms with van der Waals surface area (Å²) in [6, 6.07) is 6.80. The summed E-state index contributed by atoms with van der Waals surface area (Å²) in [5.74, 6) is 0.514. The third kappa shape index (κ3) is 5.34. The van der Waals surface area contributed by atoms with Crippen LogP contribution in [0, 0.1) is 11.7 Å². The predicted octanol–water partition coefficient (Wildman–Crippen LogP) is 3.42. The summed E-state index contributed by atoms with van der Waals surface area (Å²) < 4.78 is 13.3. The van der Waals surface area contributed by atoms with Gasteiger partial charge in [0.25, 0.3) is 0 Å². The highest BCUT2D eigenvalue weighted by Crippen LogP contribution is 2.22. The number of piperidine rings is 1. The number of hydrogen-bond donors (Lipinski definition) is 0. The summed E-state index contributed by atoms with van der Waals surface area (Å²) in [6.45, 7) is 1.66. The summed E-state index contributed by atoms with van der Waals surface area (Å²) in [5.41, 5.74) is 1.89. The minimum atomic E-state index is -0.179. The number of likely N-dealkylation sites (tertiary alicyclic amines) is 1. The molecule has 1 aliphatic rings. The van der Waals surface area contributed by atoms with Gasteiger partial charge >= 0.3 is 0 Å². The van der Waals surface area contributed by atoms with Crippen molar-refractivity contribution >= 4 is 5.91 Å². The van der Waals surface area contributed by atoms with E-state index >= 15 is 0 Å². The van der Waals surface area contributed by atoms with Crippen LogP contribution in [0.25, 0.3) is 0 Å². The van der Waals surface area contributed by atoms with E-state index < -0.39 is 0 Å². The average Bonchev–Trinajstić information content (AvgIpc) is 2.65. The third-order valence-electron chi connectivity index (χ3n) is 4.81. The largest absolute Gasteiger partial charge is 0.342 e. The Morgan fingerprint density at radius 2 is 2.20 bits per heavy atom. The second-order valence-corrected chi connectivity index (χ2v) is 6.71. The molecule has 1 fully saturated rings. The van der Waals surface area contributed by atoms with Gasteiger partial charge in [-0.2, -0.15) is 0 Å². The van der Waals surface area contributed by atoms with Gasteiger partial charge in [0.05, 0.1) is 5.69 Å². The van der Waals surface area contributed by atoms with Crippen molar-refractivity contribution in [3.8, 4) is 0 Å². The third-order valence-corrected chi connectivity index (χ3v) is 4.81. The van der Waals surface area contributed by atoms with E-state index in [1.54, 1.807) is 30.7 Å². The van der Waals surface area contributed by atoms with Crippen LogP contribution in [0.3, 0.4) is 0 Å². The molecule has 1 unspecified atom stereocenters. The topological polar surface area (TPSA) is 46.1 Å². The number of aromatic nitrogens is 2. The first kappa shape index (κ1) is 17.5. The molecule has 1 aromatic carbocycles. The van der Waals surface area contributed by atoms with Crippen molar-refractivity contribution in [2.24, 2.45) is 5.92 Å². The molecule has 132 valence electrons. The number of hydrogen-bond acceptors (Lipinski definition) is 3. The Kier molecular flexibility index (Phi) is 6.09. The van der Waals surface area contributed by atoms with Crippen molar-refractivity contribution in [1.82, 2.24) is 14.9 Å². The molecule has 0 N–H and O–H groups in total. The summed E-state index contributed by atoms with van der Waals surface area (Å²) in [6.07, 6.45) is 10.2. The number of aryl methyl sites for hydroxylation is 2. The van der Waals surface area contributed by atoms with Gasteiger partial charge in [0.1, 0.15) is 5.82 Å². The molecule has 1 saturated heterocycles. The lowest BCUT2D eigenvalue weighted by molar-refractivity contribution is -0.133. The van der Waals surface area contributed by atoms with Crippen LogP contribution in [-0.4, -0.2) is 33.9 Å². The van der Waals surface area contributed by atoms with E-state index in [-0.39, 0.29) is 11.7 Å². The highest BCUT2D eigenvalue weighted by molar-refractivity contribution is 5.76. The van der Waals surface area contributed by atoms with Gasteiger partial charge in [0.15, 0.2) is 0 Å². The van der Waals surface area contributed by atoms with Gasteiger partial charge in [0.2, 0.25) is 5.91 Å². The molecule has 25 heavy (non-hydrogen) atoms. The molecular formula is C20H24FN3O. The van der Waals surface area contributed by atoms with Gasteiger partial charge in [-0.3, -0.25) is 14.8 Å². The highest BCUT2D eigenvalue weighted by atomic mass is 19.1. The van der Waals surface area contributed by atoms with E-state index in [0.29, 0.717) is 18.8 Å². The number of amides is 1. The summed E-state index contributed by atoms with van der Waals surface area (Å²) in [4.78, 5) is 22.7. The summed E-state index contributed by atoms with van der Waals surface area (Å²) in [5, 5.41) is 0. The Labute approximate surface area is 148 Å². The highest BCUT2D eigenvalue weighted by Gasteiger charge is 2.23. The minimum Gasteiger partial charge on any atom is -0.342 e. The van der Waals surface area contributed by atoms with Crippen LogP contribution >= 0.6 is 0 Å². The zero-order valence-corrected chi connectivity index (χ0v) is 14.4. The van der Waals surface area contributed by atoms with Crippen LogP contribution in [0.1, 0.15) is 36.9 Å². The molecule has 0 bridgehead atoms. The zero-order chi connectivity index (χ0) is 17.5. The van der Waals surface area contributed by atoms with Crippen LogP contribution < -0.4 is 0 Å². The van der Waals surface area contributed by atoms with E-state index in [1.807, 2.05) is 11.0 Å². The van der Waals surface area contributed by atoms with Crippen LogP contribution in [-0.2, 0) is 17.6 Å². The van der Waals surface area contributed by atoms with Crippen LogP contribution in [0.2, 0.25) is 0 Å². The van der Waals surface area contributed by atoms with Gasteiger partial charge in [-0.05, 0) is 55.7 Å². The molecule has 0 radical (unpaired) electrons. The number of halogens is 1. The number of carbonyl (C=O) groups excluding carboxylic acids is 1. The fraction of sp³-hybridized carbons (Fsp3) is 0.450. The Morgan fingerprint density at radius 3 is 3.00 bits per heavy atom. The molecule has 1 aromatic heterocycles. The fourth-order valence-electron chi connectivity index (χ4n) is 3.44. The number of benzene rings is 1. The molecule has 0 saturated carbocycles. The van der Waals surface area contributed by atoms with Crippen LogP contribution in [0.15, 0.2) is 42.9 Å². The van der Waals surface area contributed by atoms with Gasteiger partial charge in [-0.15, -0.1) is 0 Å². The molecular weight excluding hydrogens is 317 g/mol. The normalized spacial score (nSPS) is 17.5. The molecule has 1 aliphatic heterocycles. The number of carbonyl (C=O) groups is 1. The maximum atomic E-state index is 13.3. The zero-order valence-electron chi connectivity index (χ0n) is 14.4. The van der Waals surface area contributed by atoms with E-state index in [9.17, 15) is 9.18 Å². The number of nitrogens with zero attached hydrogens (tertiary/aromatic N) is 3. The van der Waals surface area contributed by atoms with E-state index in [2.05, 4.69) is 9.97 Å². The van der Waals surface area contributed by atoms with Crippen molar-refractivity contribution in [1.29, 1.82) is 0 Å². The van der Waals surface area contributed by atoms with E-state index in [0.717, 1.165) is 50.0 Å². The Bertz CT molecular complexity index is 692. The Balaban J connectivity index is 1.46. The molecule has 0 aliphatic carbocycles. The first-order valence-corrected chi connectivity index (χ1v) is 8.98. The fourth-order valence-corrected chi connectivity index (χ4v) is 3.44. The summed E-state index contributed by atoms with van der Waals surface area (Å²) in [7, 11) is 0. The van der Waals surface area contributed by atoms with Gasteiger partial charge in [-0.1, -0.05) is 12.1 Å². The maximum Gasteiger partial charge on any atom is 0.222 e. The lowest BCUT2D eigenvalue weighted by Crippen LogP contribution is -2.40. The molecule has 1 amide bonds. The van der Waals surface area contributed by atoms with Crippen molar-refractivity contribution in [2.45, 2.75) is 38.5 Å². The first-order chi connectivity index (χ1) is 12.2. The Hall–Kier alpha value is -2.30. The molecule has 0 spiro atoms. The predicted molar refractivity (Wildman–Crippen MR) is 94.4 cm³/mol. The monoisotopic (exact) mass is 341 g/mol. The minimum absolute atomic E-state index is 0.179. The number of rotatable bonds is 6. The smallest absolute Gasteiger partial charge is 0.222 e. The van der Waals surface area contributed by atoms with Crippen molar-refractivity contribution in [3.05, 3.63) is 59.9 Å². The molecule has 5 heteroatoms. The summed E-state index contributed by atoms with van der Waals surface area (Å²) >= 11 is 0. The molecule has 1 atom stereocenters. The van der Waals surface area contributed by atoms with Gasteiger partial charge in [0, 0.05) is 38.1 Å². The van der Waals surface area contributed by atoms with Crippen LogP contribution in [0.4, 0.5) is 4.39 Å². The average molecular weight is 341 g/mol. The second kappa shape index (κ2) is 8.70. The molecule has 3 rings (SSSR count). The van der Waals surface area contributed by atoms with Crippen molar-refractivity contribution < 1.29 is 9.18 Å². The molecule has 2 heterocycles. The maximum absolute atomic E-state index is 13.3. The molecule has 2 aromatic rings.